The highest BCUT2D eigenvalue weighted by Crippen LogP contribution is 2.30. The zero-order chi connectivity index (χ0) is 19.8. The molecule has 0 bridgehead atoms. The second kappa shape index (κ2) is 7.72. The van der Waals surface area contributed by atoms with E-state index in [4.69, 9.17) is 21.3 Å². The Morgan fingerprint density at radius 2 is 1.90 bits per heavy atom. The third-order valence-electron chi connectivity index (χ3n) is 5.03. The molecule has 3 heterocycles. The summed E-state index contributed by atoms with van der Waals surface area (Å²) in [7, 11) is 0. The van der Waals surface area contributed by atoms with Gasteiger partial charge in [0.1, 0.15) is 6.10 Å². The molecular formula is C22H18ClN3O2S. The molecule has 1 unspecified atom stereocenters. The third kappa shape index (κ3) is 3.60. The lowest BCUT2D eigenvalue weighted by atomic mass is 10.0. The smallest absolute Gasteiger partial charge is 0.194 e. The number of carbonyl (C=O) groups is 1. The lowest BCUT2D eigenvalue weighted by Crippen LogP contribution is -2.43. The van der Waals surface area contributed by atoms with Crippen molar-refractivity contribution in [3.05, 3.63) is 70.7 Å². The molecule has 1 aliphatic heterocycles. The Hall–Kier alpha value is -2.51. The molecule has 0 spiro atoms. The summed E-state index contributed by atoms with van der Waals surface area (Å²) >= 11 is 7.60. The molecule has 0 aliphatic carbocycles. The Bertz CT molecular complexity index is 1160. The predicted molar refractivity (Wildman–Crippen MR) is 116 cm³/mol. The lowest BCUT2D eigenvalue weighted by Gasteiger charge is -2.22. The maximum atomic E-state index is 12.6. The van der Waals surface area contributed by atoms with Gasteiger partial charge in [-0.3, -0.25) is 9.20 Å². The zero-order valence-corrected chi connectivity index (χ0v) is 17.0. The number of fused-ring (bicyclic) bond motifs is 1. The monoisotopic (exact) mass is 423 g/mol. The molecule has 0 saturated carbocycles. The second-order valence-electron chi connectivity index (χ2n) is 6.91. The number of aromatic nitrogens is 2. The topological polar surface area (TPSA) is 55.6 Å². The molecule has 5 rings (SSSR count). The van der Waals surface area contributed by atoms with Crippen LogP contribution in [0.1, 0.15) is 10.4 Å². The molecule has 29 heavy (non-hydrogen) atoms. The number of rotatable bonds is 4. The summed E-state index contributed by atoms with van der Waals surface area (Å²) in [4.78, 5) is 18.2. The van der Waals surface area contributed by atoms with Gasteiger partial charge in [0.05, 0.1) is 18.0 Å². The van der Waals surface area contributed by atoms with E-state index in [-0.39, 0.29) is 5.78 Å². The summed E-state index contributed by atoms with van der Waals surface area (Å²) in [5, 5.41) is 6.00. The SMILES string of the molecule is O=C(c1ccc(-c2cn3c(-c4ccc(Cl)cc4)csc3n2)cc1)C1CNCCO1. The van der Waals surface area contributed by atoms with Crippen LogP contribution in [0.15, 0.2) is 60.1 Å². The van der Waals surface area contributed by atoms with E-state index >= 15 is 0 Å². The molecule has 1 atom stereocenters. The van der Waals surface area contributed by atoms with Crippen molar-refractivity contribution in [3.63, 3.8) is 0 Å². The van der Waals surface area contributed by atoms with E-state index in [2.05, 4.69) is 15.1 Å². The molecule has 0 radical (unpaired) electrons. The maximum absolute atomic E-state index is 12.6. The number of Topliss-reactive ketones (excluding diaryl/α,β-unsaturated/α-hetero) is 1. The van der Waals surface area contributed by atoms with E-state index in [9.17, 15) is 4.79 Å². The number of nitrogens with zero attached hydrogens (tertiary/aromatic N) is 2. The Morgan fingerprint density at radius 1 is 1.14 bits per heavy atom. The number of ketones is 1. The first-order valence-corrected chi connectivity index (χ1v) is 10.6. The van der Waals surface area contributed by atoms with Crippen LogP contribution in [0, 0.1) is 0 Å². The Balaban J connectivity index is 1.42. The van der Waals surface area contributed by atoms with Gasteiger partial charge in [-0.1, -0.05) is 48.0 Å². The molecule has 0 amide bonds. The molecule has 146 valence electrons. The molecule has 5 nitrogen and oxygen atoms in total. The Labute approximate surface area is 176 Å². The van der Waals surface area contributed by atoms with Gasteiger partial charge in [-0.2, -0.15) is 0 Å². The number of morpholine rings is 1. The van der Waals surface area contributed by atoms with Crippen LogP contribution in [0.5, 0.6) is 0 Å². The Kier molecular flexibility index (Phi) is 4.93. The predicted octanol–water partition coefficient (Wildman–Crippen LogP) is 4.55. The molecule has 7 heteroatoms. The highest BCUT2D eigenvalue weighted by Gasteiger charge is 2.23. The van der Waals surface area contributed by atoms with Crippen molar-refractivity contribution in [2.75, 3.05) is 19.7 Å². The number of ether oxygens (including phenoxy) is 1. The van der Waals surface area contributed by atoms with Crippen LogP contribution in [-0.4, -0.2) is 41.0 Å². The summed E-state index contributed by atoms with van der Waals surface area (Å²) in [6, 6.07) is 15.4. The van der Waals surface area contributed by atoms with E-state index in [1.54, 1.807) is 11.3 Å². The standard InChI is InChI=1S/C22H18ClN3O2S/c23-17-7-5-15(6-8-17)19-13-29-22-25-18(12-26(19)22)14-1-3-16(4-2-14)21(27)20-11-24-9-10-28-20/h1-8,12-13,20,24H,9-11H2. The number of benzene rings is 2. The molecule has 2 aromatic carbocycles. The minimum atomic E-state index is -0.408. The van der Waals surface area contributed by atoms with E-state index in [0.29, 0.717) is 18.7 Å². The molecular weight excluding hydrogens is 406 g/mol. The van der Waals surface area contributed by atoms with E-state index in [1.807, 2.05) is 54.7 Å². The average Bonchev–Trinajstić information content (AvgIpc) is 3.36. The number of carbonyl (C=O) groups excluding carboxylic acids is 1. The molecule has 1 saturated heterocycles. The first-order chi connectivity index (χ1) is 14.2. The molecule has 4 aromatic rings. The molecule has 1 fully saturated rings. The summed E-state index contributed by atoms with van der Waals surface area (Å²) in [5.74, 6) is 0.0135. The number of hydrogen-bond acceptors (Lipinski definition) is 5. The van der Waals surface area contributed by atoms with Crippen molar-refractivity contribution in [2.45, 2.75) is 6.10 Å². The molecule has 1 aliphatic rings. The van der Waals surface area contributed by atoms with E-state index in [1.165, 1.54) is 0 Å². The van der Waals surface area contributed by atoms with Gasteiger partial charge in [0.2, 0.25) is 0 Å². The summed E-state index contributed by atoms with van der Waals surface area (Å²) in [6.07, 6.45) is 1.62. The molecule has 1 N–H and O–H groups in total. The van der Waals surface area contributed by atoms with Crippen LogP contribution < -0.4 is 5.32 Å². The van der Waals surface area contributed by atoms with Crippen LogP contribution in [-0.2, 0) is 4.74 Å². The number of hydrogen-bond donors (Lipinski definition) is 1. The Morgan fingerprint density at radius 3 is 2.62 bits per heavy atom. The third-order valence-corrected chi connectivity index (χ3v) is 6.13. The van der Waals surface area contributed by atoms with E-state index < -0.39 is 6.10 Å². The normalized spacial score (nSPS) is 16.9. The fourth-order valence-electron chi connectivity index (χ4n) is 3.48. The van der Waals surface area contributed by atoms with Gasteiger partial charge in [0.15, 0.2) is 10.7 Å². The number of imidazole rings is 1. The molecule has 2 aromatic heterocycles. The van der Waals surface area contributed by atoms with Gasteiger partial charge in [-0.25, -0.2) is 4.98 Å². The van der Waals surface area contributed by atoms with Gasteiger partial charge >= 0.3 is 0 Å². The first kappa shape index (κ1) is 18.5. The van der Waals surface area contributed by atoms with Crippen LogP contribution in [0.2, 0.25) is 5.02 Å². The number of thiazole rings is 1. The number of halogens is 1. The first-order valence-electron chi connectivity index (χ1n) is 9.38. The van der Waals surface area contributed by atoms with Gasteiger partial charge in [0.25, 0.3) is 0 Å². The van der Waals surface area contributed by atoms with E-state index in [0.717, 1.165) is 39.0 Å². The quantitative estimate of drug-likeness (QED) is 0.489. The van der Waals surface area contributed by atoms with Crippen LogP contribution in [0.3, 0.4) is 0 Å². The lowest BCUT2D eigenvalue weighted by molar-refractivity contribution is 0.0269. The second-order valence-corrected chi connectivity index (χ2v) is 8.18. The maximum Gasteiger partial charge on any atom is 0.194 e. The zero-order valence-electron chi connectivity index (χ0n) is 15.5. The van der Waals surface area contributed by atoms with Gasteiger partial charge < -0.3 is 10.1 Å². The van der Waals surface area contributed by atoms with Crippen LogP contribution in [0.25, 0.3) is 27.5 Å². The van der Waals surface area contributed by atoms with Gasteiger partial charge in [0, 0.05) is 40.8 Å². The van der Waals surface area contributed by atoms with Crippen molar-refractivity contribution in [2.24, 2.45) is 0 Å². The van der Waals surface area contributed by atoms with Crippen molar-refractivity contribution < 1.29 is 9.53 Å². The van der Waals surface area contributed by atoms with Crippen LogP contribution in [0.4, 0.5) is 0 Å². The highest BCUT2D eigenvalue weighted by atomic mass is 35.5. The fourth-order valence-corrected chi connectivity index (χ4v) is 4.48. The van der Waals surface area contributed by atoms with Gasteiger partial charge in [-0.05, 0) is 17.7 Å². The number of nitrogens with one attached hydrogen (secondary N) is 1. The summed E-state index contributed by atoms with van der Waals surface area (Å²) in [6.45, 7) is 1.92. The minimum absolute atomic E-state index is 0.0135. The highest BCUT2D eigenvalue weighted by molar-refractivity contribution is 7.15. The minimum Gasteiger partial charge on any atom is -0.367 e. The average molecular weight is 424 g/mol. The summed E-state index contributed by atoms with van der Waals surface area (Å²) < 4.78 is 7.65. The van der Waals surface area contributed by atoms with Gasteiger partial charge in [-0.15, -0.1) is 11.3 Å². The van der Waals surface area contributed by atoms with Crippen molar-refractivity contribution in [1.82, 2.24) is 14.7 Å². The van der Waals surface area contributed by atoms with Crippen molar-refractivity contribution in [3.8, 4) is 22.5 Å². The largest absolute Gasteiger partial charge is 0.367 e. The summed E-state index contributed by atoms with van der Waals surface area (Å²) in [5.41, 5.74) is 4.68. The van der Waals surface area contributed by atoms with Crippen LogP contribution >= 0.6 is 22.9 Å². The fraction of sp³-hybridized carbons (Fsp3) is 0.182. The van der Waals surface area contributed by atoms with Crippen molar-refractivity contribution in [1.29, 1.82) is 0 Å². The van der Waals surface area contributed by atoms with Crippen molar-refractivity contribution >= 4 is 33.7 Å².